The number of rotatable bonds is 5. The third kappa shape index (κ3) is 3.61. The van der Waals surface area contributed by atoms with Gasteiger partial charge < -0.3 is 15.7 Å². The number of aromatic nitrogens is 2. The highest BCUT2D eigenvalue weighted by Crippen LogP contribution is 2.05. The molecule has 0 fully saturated rings. The van der Waals surface area contributed by atoms with Crippen molar-refractivity contribution in [3.63, 3.8) is 0 Å². The first kappa shape index (κ1) is 12.0. The van der Waals surface area contributed by atoms with Crippen LogP contribution in [-0.4, -0.2) is 21.1 Å². The fourth-order valence-corrected chi connectivity index (χ4v) is 1.01. The second-order valence-electron chi connectivity index (χ2n) is 3.48. The summed E-state index contributed by atoms with van der Waals surface area (Å²) in [4.78, 5) is 8.07. The molecule has 0 saturated heterocycles. The van der Waals surface area contributed by atoms with Crippen LogP contribution in [0.2, 0.25) is 0 Å². The number of aryl methyl sites for hydroxylation is 1. The van der Waals surface area contributed by atoms with Crippen molar-refractivity contribution in [1.82, 2.24) is 15.3 Å². The van der Waals surface area contributed by atoms with Gasteiger partial charge in [-0.15, -0.1) is 0 Å². The Balaban J connectivity index is 2.52. The van der Waals surface area contributed by atoms with Crippen LogP contribution in [0.25, 0.3) is 0 Å². The molecule has 0 aromatic carbocycles. The Morgan fingerprint density at radius 2 is 1.94 bits per heavy atom. The number of aliphatic hydroxyl groups excluding tert-OH is 1. The van der Waals surface area contributed by atoms with Crippen LogP contribution < -0.4 is 10.6 Å². The van der Waals surface area contributed by atoms with Crippen LogP contribution in [0.5, 0.6) is 0 Å². The van der Waals surface area contributed by atoms with Gasteiger partial charge in [-0.2, -0.15) is 0 Å². The lowest BCUT2D eigenvalue weighted by molar-refractivity contribution is 0.361. The van der Waals surface area contributed by atoms with Crippen molar-refractivity contribution >= 4 is 5.69 Å². The first-order chi connectivity index (χ1) is 7.49. The molecule has 16 heavy (non-hydrogen) atoms. The lowest BCUT2D eigenvalue weighted by Crippen LogP contribution is -2.29. The summed E-state index contributed by atoms with van der Waals surface area (Å²) in [7, 11) is 0. The standard InChI is InChI=1S/C11H16N4O/c1-7(8(2)16)14-10(4)15-11-5-12-9(3)13-6-11/h5-7,14-16H,2,4H2,1,3H3. The molecule has 1 aromatic rings. The summed E-state index contributed by atoms with van der Waals surface area (Å²) < 4.78 is 0. The summed E-state index contributed by atoms with van der Waals surface area (Å²) >= 11 is 0. The minimum Gasteiger partial charge on any atom is -0.511 e. The van der Waals surface area contributed by atoms with Gasteiger partial charge in [-0.25, -0.2) is 9.97 Å². The number of nitrogens with zero attached hydrogens (tertiary/aromatic N) is 2. The molecule has 1 atom stereocenters. The van der Waals surface area contributed by atoms with Crippen LogP contribution in [0.1, 0.15) is 12.7 Å². The third-order valence-corrected chi connectivity index (χ3v) is 1.97. The van der Waals surface area contributed by atoms with Crippen LogP contribution >= 0.6 is 0 Å². The molecule has 0 aliphatic rings. The Kier molecular flexibility index (Phi) is 3.88. The first-order valence-corrected chi connectivity index (χ1v) is 4.88. The summed E-state index contributed by atoms with van der Waals surface area (Å²) in [5, 5.41) is 15.0. The molecule has 1 rings (SSSR count). The van der Waals surface area contributed by atoms with Gasteiger partial charge in [0.05, 0.1) is 29.9 Å². The van der Waals surface area contributed by atoms with E-state index in [1.165, 1.54) is 0 Å². The quantitative estimate of drug-likeness (QED) is 0.659. The van der Waals surface area contributed by atoms with Crippen molar-refractivity contribution in [3.8, 4) is 0 Å². The molecular weight excluding hydrogens is 204 g/mol. The molecule has 0 bridgehead atoms. The molecule has 0 aliphatic heterocycles. The summed E-state index contributed by atoms with van der Waals surface area (Å²) in [5.41, 5.74) is 0.735. The predicted octanol–water partition coefficient (Wildman–Crippen LogP) is 1.72. The topological polar surface area (TPSA) is 70.1 Å². The molecular formula is C11H16N4O. The van der Waals surface area contributed by atoms with E-state index in [1.807, 2.05) is 6.92 Å². The highest BCUT2D eigenvalue weighted by Gasteiger charge is 2.05. The maximum Gasteiger partial charge on any atom is 0.125 e. The van der Waals surface area contributed by atoms with Gasteiger partial charge >= 0.3 is 0 Å². The van der Waals surface area contributed by atoms with Crippen LogP contribution in [0.15, 0.2) is 37.1 Å². The Bertz CT molecular complexity index is 385. The predicted molar refractivity (Wildman–Crippen MR) is 63.9 cm³/mol. The lowest BCUT2D eigenvalue weighted by atomic mass is 10.3. The van der Waals surface area contributed by atoms with E-state index in [-0.39, 0.29) is 11.8 Å². The van der Waals surface area contributed by atoms with Crippen molar-refractivity contribution in [1.29, 1.82) is 0 Å². The minimum absolute atomic E-state index is 0.0584. The van der Waals surface area contributed by atoms with E-state index in [0.29, 0.717) is 11.6 Å². The van der Waals surface area contributed by atoms with Gasteiger partial charge in [-0.1, -0.05) is 13.2 Å². The Morgan fingerprint density at radius 1 is 1.38 bits per heavy atom. The second kappa shape index (κ2) is 5.16. The summed E-state index contributed by atoms with van der Waals surface area (Å²) in [6, 6.07) is -0.258. The Hall–Kier alpha value is -2.04. The van der Waals surface area contributed by atoms with E-state index in [0.717, 1.165) is 5.69 Å². The number of hydrogen-bond acceptors (Lipinski definition) is 5. The zero-order valence-electron chi connectivity index (χ0n) is 9.49. The van der Waals surface area contributed by atoms with Crippen molar-refractivity contribution in [2.45, 2.75) is 19.9 Å². The molecule has 5 nitrogen and oxygen atoms in total. The zero-order valence-corrected chi connectivity index (χ0v) is 9.49. The van der Waals surface area contributed by atoms with Crippen molar-refractivity contribution in [2.24, 2.45) is 0 Å². The van der Waals surface area contributed by atoms with Gasteiger partial charge in [-0.05, 0) is 13.8 Å². The van der Waals surface area contributed by atoms with E-state index in [1.54, 1.807) is 19.3 Å². The SMILES string of the molecule is C=C(Nc1cnc(C)nc1)NC(C)C(=C)O. The molecule has 0 amide bonds. The fourth-order valence-electron chi connectivity index (χ4n) is 1.01. The molecule has 0 radical (unpaired) electrons. The van der Waals surface area contributed by atoms with Crippen molar-refractivity contribution < 1.29 is 5.11 Å². The number of aliphatic hydroxyl groups is 1. The molecule has 0 spiro atoms. The molecule has 0 aliphatic carbocycles. The van der Waals surface area contributed by atoms with E-state index in [9.17, 15) is 0 Å². The van der Waals surface area contributed by atoms with E-state index >= 15 is 0 Å². The smallest absolute Gasteiger partial charge is 0.125 e. The number of anilines is 1. The van der Waals surface area contributed by atoms with Gasteiger partial charge in [0, 0.05) is 0 Å². The van der Waals surface area contributed by atoms with Crippen LogP contribution in [0.3, 0.4) is 0 Å². The largest absolute Gasteiger partial charge is 0.511 e. The van der Waals surface area contributed by atoms with Crippen molar-refractivity contribution in [3.05, 3.63) is 43.0 Å². The summed E-state index contributed by atoms with van der Waals surface area (Å²) in [5.74, 6) is 1.32. The maximum atomic E-state index is 9.12. The van der Waals surface area contributed by atoms with Crippen LogP contribution in [0.4, 0.5) is 5.69 Å². The van der Waals surface area contributed by atoms with Gasteiger partial charge in [0.15, 0.2) is 0 Å². The first-order valence-electron chi connectivity index (χ1n) is 4.88. The molecule has 1 aromatic heterocycles. The normalized spacial score (nSPS) is 11.6. The molecule has 1 unspecified atom stereocenters. The van der Waals surface area contributed by atoms with E-state index < -0.39 is 0 Å². The molecule has 0 saturated carbocycles. The molecule has 3 N–H and O–H groups in total. The van der Waals surface area contributed by atoms with Gasteiger partial charge in [0.1, 0.15) is 11.6 Å². The Morgan fingerprint density at radius 3 is 2.44 bits per heavy atom. The summed E-state index contributed by atoms with van der Waals surface area (Å²) in [6.45, 7) is 10.8. The van der Waals surface area contributed by atoms with E-state index in [4.69, 9.17) is 5.11 Å². The highest BCUT2D eigenvalue weighted by atomic mass is 16.3. The average Bonchev–Trinajstić information content (AvgIpc) is 2.21. The Labute approximate surface area is 94.9 Å². The minimum atomic E-state index is -0.258. The monoisotopic (exact) mass is 220 g/mol. The van der Waals surface area contributed by atoms with Gasteiger partial charge in [0.2, 0.25) is 0 Å². The molecule has 86 valence electrons. The van der Waals surface area contributed by atoms with Crippen LogP contribution in [-0.2, 0) is 0 Å². The average molecular weight is 220 g/mol. The second-order valence-corrected chi connectivity index (χ2v) is 3.48. The maximum absolute atomic E-state index is 9.12. The fraction of sp³-hybridized carbons (Fsp3) is 0.273. The number of nitrogens with one attached hydrogen (secondary N) is 2. The number of hydrogen-bond donors (Lipinski definition) is 3. The molecule has 5 heteroatoms. The van der Waals surface area contributed by atoms with Crippen molar-refractivity contribution in [2.75, 3.05) is 5.32 Å². The van der Waals surface area contributed by atoms with Gasteiger partial charge in [0.25, 0.3) is 0 Å². The third-order valence-electron chi connectivity index (χ3n) is 1.97. The summed E-state index contributed by atoms with van der Waals surface area (Å²) in [6.07, 6.45) is 3.32. The van der Waals surface area contributed by atoms with Crippen LogP contribution in [0, 0.1) is 6.92 Å². The van der Waals surface area contributed by atoms with E-state index in [2.05, 4.69) is 33.8 Å². The van der Waals surface area contributed by atoms with Gasteiger partial charge in [-0.3, -0.25) is 0 Å². The lowest BCUT2D eigenvalue weighted by Gasteiger charge is -2.16. The molecule has 1 heterocycles. The highest BCUT2D eigenvalue weighted by molar-refractivity contribution is 5.43. The zero-order chi connectivity index (χ0) is 12.1.